The van der Waals surface area contributed by atoms with E-state index in [4.69, 9.17) is 0 Å². The van der Waals surface area contributed by atoms with Crippen LogP contribution in [0.3, 0.4) is 0 Å². The molecule has 0 saturated carbocycles. The lowest BCUT2D eigenvalue weighted by Gasteiger charge is -2.09. The smallest absolute Gasteiger partial charge is 0.251 e. The fourth-order valence-electron chi connectivity index (χ4n) is 1.72. The van der Waals surface area contributed by atoms with Crippen LogP contribution in [0.5, 0.6) is 0 Å². The number of aromatic nitrogens is 1. The van der Waals surface area contributed by atoms with Gasteiger partial charge in [-0.2, -0.15) is 0 Å². The SMILES string of the molecule is CN(C)CCc1cc2ccccc2[nH]c1=O. The van der Waals surface area contributed by atoms with E-state index in [-0.39, 0.29) is 5.56 Å². The molecule has 2 aromatic rings. The van der Waals surface area contributed by atoms with Crippen molar-refractivity contribution in [3.05, 3.63) is 46.2 Å². The molecule has 3 heteroatoms. The van der Waals surface area contributed by atoms with Crippen LogP contribution in [0.25, 0.3) is 10.9 Å². The third-order valence-electron chi connectivity index (χ3n) is 2.66. The summed E-state index contributed by atoms with van der Waals surface area (Å²) in [6, 6.07) is 9.84. The van der Waals surface area contributed by atoms with Crippen molar-refractivity contribution in [1.82, 2.24) is 9.88 Å². The van der Waals surface area contributed by atoms with E-state index in [2.05, 4.69) is 9.88 Å². The van der Waals surface area contributed by atoms with Crippen molar-refractivity contribution in [2.24, 2.45) is 0 Å². The highest BCUT2D eigenvalue weighted by molar-refractivity contribution is 5.78. The molecule has 0 saturated heterocycles. The summed E-state index contributed by atoms with van der Waals surface area (Å²) in [5.41, 5.74) is 1.79. The van der Waals surface area contributed by atoms with Gasteiger partial charge in [-0.15, -0.1) is 0 Å². The molecule has 0 bridgehead atoms. The minimum atomic E-state index is 0.0283. The summed E-state index contributed by atoms with van der Waals surface area (Å²) in [6.07, 6.45) is 0.785. The Kier molecular flexibility index (Phi) is 3.06. The first-order valence-electron chi connectivity index (χ1n) is 5.42. The molecular formula is C13H16N2O. The summed E-state index contributed by atoms with van der Waals surface area (Å²) in [5.74, 6) is 0. The fourth-order valence-corrected chi connectivity index (χ4v) is 1.72. The van der Waals surface area contributed by atoms with E-state index in [1.807, 2.05) is 44.4 Å². The maximum atomic E-state index is 11.8. The molecule has 0 aliphatic heterocycles. The molecule has 1 N–H and O–H groups in total. The molecule has 0 amide bonds. The molecule has 1 aromatic carbocycles. The van der Waals surface area contributed by atoms with Crippen LogP contribution in [0.2, 0.25) is 0 Å². The third-order valence-corrected chi connectivity index (χ3v) is 2.66. The van der Waals surface area contributed by atoms with Crippen LogP contribution < -0.4 is 5.56 Å². The number of hydrogen-bond donors (Lipinski definition) is 1. The number of fused-ring (bicyclic) bond motifs is 1. The number of rotatable bonds is 3. The van der Waals surface area contributed by atoms with E-state index in [0.29, 0.717) is 0 Å². The van der Waals surface area contributed by atoms with Gasteiger partial charge in [-0.1, -0.05) is 18.2 Å². The molecule has 0 fully saturated rings. The molecule has 0 unspecified atom stereocenters. The second-order valence-corrected chi connectivity index (χ2v) is 4.26. The minimum absolute atomic E-state index is 0.0283. The Morgan fingerprint density at radius 3 is 2.75 bits per heavy atom. The highest BCUT2D eigenvalue weighted by Crippen LogP contribution is 2.10. The number of nitrogens with zero attached hydrogens (tertiary/aromatic N) is 1. The van der Waals surface area contributed by atoms with Crippen LogP contribution in [-0.2, 0) is 6.42 Å². The maximum Gasteiger partial charge on any atom is 0.251 e. The summed E-state index contributed by atoms with van der Waals surface area (Å²) in [6.45, 7) is 0.890. The average Bonchev–Trinajstić information content (AvgIpc) is 2.26. The molecule has 84 valence electrons. The Labute approximate surface area is 94.7 Å². The number of H-pyrrole nitrogens is 1. The Bertz CT molecular complexity index is 543. The molecule has 3 nitrogen and oxygen atoms in total. The summed E-state index contributed by atoms with van der Waals surface area (Å²) in [5, 5.41) is 1.09. The number of likely N-dealkylation sites (N-methyl/N-ethyl adjacent to an activating group) is 1. The van der Waals surface area contributed by atoms with Crippen molar-refractivity contribution in [3.63, 3.8) is 0 Å². The first-order valence-corrected chi connectivity index (χ1v) is 5.42. The number of hydrogen-bond acceptors (Lipinski definition) is 2. The summed E-state index contributed by atoms with van der Waals surface area (Å²) >= 11 is 0. The predicted octanol–water partition coefficient (Wildman–Crippen LogP) is 1.63. The number of para-hydroxylation sites is 1. The van der Waals surface area contributed by atoms with Gasteiger partial charge >= 0.3 is 0 Å². The van der Waals surface area contributed by atoms with Crippen molar-refractivity contribution >= 4 is 10.9 Å². The van der Waals surface area contributed by atoms with E-state index in [1.165, 1.54) is 0 Å². The Hall–Kier alpha value is -1.61. The van der Waals surface area contributed by atoms with Gasteiger partial charge in [0.25, 0.3) is 5.56 Å². The van der Waals surface area contributed by atoms with Crippen molar-refractivity contribution in [3.8, 4) is 0 Å². The van der Waals surface area contributed by atoms with Gasteiger partial charge in [0.2, 0.25) is 0 Å². The normalized spacial score (nSPS) is 11.2. The number of nitrogens with one attached hydrogen (secondary N) is 1. The largest absolute Gasteiger partial charge is 0.322 e. The first kappa shape index (κ1) is 10.9. The second-order valence-electron chi connectivity index (χ2n) is 4.26. The van der Waals surface area contributed by atoms with E-state index in [1.54, 1.807) is 0 Å². The lowest BCUT2D eigenvalue weighted by atomic mass is 10.1. The van der Waals surface area contributed by atoms with Gasteiger partial charge in [-0.25, -0.2) is 0 Å². The third kappa shape index (κ3) is 2.31. The van der Waals surface area contributed by atoms with Crippen LogP contribution in [0.15, 0.2) is 35.1 Å². The van der Waals surface area contributed by atoms with E-state index < -0.39 is 0 Å². The van der Waals surface area contributed by atoms with Gasteiger partial charge in [-0.05, 0) is 38.0 Å². The number of benzene rings is 1. The van der Waals surface area contributed by atoms with Crippen molar-refractivity contribution in [1.29, 1.82) is 0 Å². The highest BCUT2D eigenvalue weighted by atomic mass is 16.1. The second kappa shape index (κ2) is 4.49. The van der Waals surface area contributed by atoms with Crippen LogP contribution in [0.1, 0.15) is 5.56 Å². The maximum absolute atomic E-state index is 11.8. The zero-order chi connectivity index (χ0) is 11.5. The fraction of sp³-hybridized carbons (Fsp3) is 0.308. The molecule has 16 heavy (non-hydrogen) atoms. The van der Waals surface area contributed by atoms with Gasteiger partial charge in [0.05, 0.1) is 0 Å². The standard InChI is InChI=1S/C13H16N2O/c1-15(2)8-7-11-9-10-5-3-4-6-12(10)14-13(11)16/h3-6,9H,7-8H2,1-2H3,(H,14,16). The summed E-state index contributed by atoms with van der Waals surface area (Å²) in [7, 11) is 4.02. The molecule has 2 rings (SSSR count). The summed E-state index contributed by atoms with van der Waals surface area (Å²) < 4.78 is 0. The van der Waals surface area contributed by atoms with Gasteiger partial charge < -0.3 is 9.88 Å². The molecule has 0 radical (unpaired) electrons. The molecule has 1 heterocycles. The van der Waals surface area contributed by atoms with Gasteiger partial charge in [0, 0.05) is 17.6 Å². The monoisotopic (exact) mass is 216 g/mol. The minimum Gasteiger partial charge on any atom is -0.322 e. The number of aromatic amines is 1. The first-order chi connectivity index (χ1) is 7.66. The van der Waals surface area contributed by atoms with Crippen molar-refractivity contribution < 1.29 is 0 Å². The summed E-state index contributed by atoms with van der Waals surface area (Å²) in [4.78, 5) is 16.8. The quantitative estimate of drug-likeness (QED) is 0.846. The van der Waals surface area contributed by atoms with Crippen LogP contribution >= 0.6 is 0 Å². The highest BCUT2D eigenvalue weighted by Gasteiger charge is 2.02. The lowest BCUT2D eigenvalue weighted by Crippen LogP contribution is -2.20. The molecule has 0 aliphatic carbocycles. The van der Waals surface area contributed by atoms with E-state index in [9.17, 15) is 4.79 Å². The van der Waals surface area contributed by atoms with Crippen LogP contribution in [0.4, 0.5) is 0 Å². The zero-order valence-corrected chi connectivity index (χ0v) is 9.66. The van der Waals surface area contributed by atoms with Gasteiger partial charge in [-0.3, -0.25) is 4.79 Å². The Morgan fingerprint density at radius 1 is 1.25 bits per heavy atom. The Balaban J connectivity index is 2.38. The van der Waals surface area contributed by atoms with Crippen LogP contribution in [-0.4, -0.2) is 30.5 Å². The van der Waals surface area contributed by atoms with Gasteiger partial charge in [0.1, 0.15) is 0 Å². The predicted molar refractivity (Wildman–Crippen MR) is 66.8 cm³/mol. The molecular weight excluding hydrogens is 200 g/mol. The average molecular weight is 216 g/mol. The topological polar surface area (TPSA) is 36.1 Å². The molecule has 0 atom stereocenters. The van der Waals surface area contributed by atoms with Crippen molar-refractivity contribution in [2.45, 2.75) is 6.42 Å². The number of pyridine rings is 1. The molecule has 0 spiro atoms. The zero-order valence-electron chi connectivity index (χ0n) is 9.66. The Morgan fingerprint density at radius 2 is 2.00 bits per heavy atom. The van der Waals surface area contributed by atoms with E-state index >= 15 is 0 Å². The van der Waals surface area contributed by atoms with Gasteiger partial charge in [0.15, 0.2) is 0 Å². The lowest BCUT2D eigenvalue weighted by molar-refractivity contribution is 0.413. The molecule has 0 aliphatic rings. The van der Waals surface area contributed by atoms with Crippen molar-refractivity contribution in [2.75, 3.05) is 20.6 Å². The van der Waals surface area contributed by atoms with Crippen LogP contribution in [0, 0.1) is 0 Å². The van der Waals surface area contributed by atoms with E-state index in [0.717, 1.165) is 29.4 Å². The molecule has 1 aromatic heterocycles.